The van der Waals surface area contributed by atoms with Gasteiger partial charge in [0, 0.05) is 5.75 Å². The van der Waals surface area contributed by atoms with Gasteiger partial charge in [0.15, 0.2) is 14.0 Å². The molecule has 0 aliphatic heterocycles. The summed E-state index contributed by atoms with van der Waals surface area (Å²) in [5.41, 5.74) is 1.57. The van der Waals surface area contributed by atoms with Gasteiger partial charge in [0.1, 0.15) is 6.10 Å². The molecule has 1 N–H and O–H groups in total. The van der Waals surface area contributed by atoms with Crippen molar-refractivity contribution < 1.29 is 13.5 Å². The Morgan fingerprint density at radius 2 is 1.78 bits per heavy atom. The maximum atomic E-state index is 12.0. The van der Waals surface area contributed by atoms with Crippen molar-refractivity contribution in [3.8, 4) is 0 Å². The molecule has 2 atom stereocenters. The van der Waals surface area contributed by atoms with E-state index in [9.17, 15) is 13.5 Å². The molecule has 0 spiro atoms. The summed E-state index contributed by atoms with van der Waals surface area (Å²) < 4.78 is 22.4. The molecule has 0 fully saturated rings. The van der Waals surface area contributed by atoms with Crippen molar-refractivity contribution in [2.24, 2.45) is 0 Å². The van der Waals surface area contributed by atoms with E-state index in [0.29, 0.717) is 5.56 Å². The van der Waals surface area contributed by atoms with Crippen LogP contribution in [0.15, 0.2) is 24.3 Å². The number of hydrogen-bond donors (Lipinski definition) is 1. The van der Waals surface area contributed by atoms with Crippen LogP contribution >= 0.6 is 11.6 Å². The van der Waals surface area contributed by atoms with Crippen molar-refractivity contribution in [3.63, 3.8) is 0 Å². The Morgan fingerprint density at radius 1 is 1.28 bits per heavy atom. The van der Waals surface area contributed by atoms with Crippen LogP contribution in [0.25, 0.3) is 0 Å². The van der Waals surface area contributed by atoms with Crippen molar-refractivity contribution in [2.45, 2.75) is 37.5 Å². The third-order valence-corrected chi connectivity index (χ3v) is 6.67. The maximum absolute atomic E-state index is 12.0. The summed E-state index contributed by atoms with van der Waals surface area (Å²) in [6, 6.07) is 7.06. The highest BCUT2D eigenvalue weighted by molar-refractivity contribution is 7.94. The fourth-order valence-corrected chi connectivity index (χ4v) is 3.67. The van der Waals surface area contributed by atoms with Crippen LogP contribution in [0.4, 0.5) is 0 Å². The number of alkyl halides is 1. The number of benzene rings is 1. The van der Waals surface area contributed by atoms with Gasteiger partial charge in [-0.25, -0.2) is 8.42 Å². The van der Waals surface area contributed by atoms with E-state index in [1.54, 1.807) is 19.1 Å². The summed E-state index contributed by atoms with van der Waals surface area (Å²) in [6.07, 6.45) is -1.07. The molecule has 0 aromatic heterocycles. The van der Waals surface area contributed by atoms with E-state index in [1.807, 2.05) is 19.1 Å². The number of sulfone groups is 1. The van der Waals surface area contributed by atoms with Crippen LogP contribution in [0.1, 0.15) is 37.5 Å². The average Bonchev–Trinajstić information content (AvgIpc) is 2.37. The Bertz CT molecular complexity index is 495. The highest BCUT2D eigenvalue weighted by Gasteiger charge is 2.46. The van der Waals surface area contributed by atoms with Crippen LogP contribution in [0.5, 0.6) is 0 Å². The first-order chi connectivity index (χ1) is 8.28. The molecule has 1 rings (SSSR count). The zero-order valence-electron chi connectivity index (χ0n) is 10.9. The van der Waals surface area contributed by atoms with Gasteiger partial charge < -0.3 is 5.11 Å². The number of halogens is 1. The molecule has 5 heteroatoms. The molecule has 0 bridgehead atoms. The lowest BCUT2D eigenvalue weighted by atomic mass is 10.0. The lowest BCUT2D eigenvalue weighted by Gasteiger charge is -2.30. The highest BCUT2D eigenvalue weighted by atomic mass is 35.5. The predicted molar refractivity (Wildman–Crippen MR) is 74.5 cm³/mol. The minimum absolute atomic E-state index is 0.0900. The van der Waals surface area contributed by atoms with Crippen LogP contribution in [0.3, 0.4) is 0 Å². The van der Waals surface area contributed by atoms with Crippen molar-refractivity contribution in [1.82, 2.24) is 0 Å². The lowest BCUT2D eigenvalue weighted by molar-refractivity contribution is 0.154. The molecule has 1 aromatic carbocycles. The molecule has 0 radical (unpaired) electrons. The normalized spacial score (nSPS) is 17.2. The van der Waals surface area contributed by atoms with Crippen molar-refractivity contribution in [1.29, 1.82) is 0 Å². The number of aliphatic hydroxyl groups excluding tert-OH is 1. The predicted octanol–water partition coefficient (Wildman–Crippen LogP) is 2.81. The van der Waals surface area contributed by atoms with Crippen molar-refractivity contribution in [2.75, 3.05) is 5.75 Å². The minimum Gasteiger partial charge on any atom is -0.385 e. The van der Waals surface area contributed by atoms with Crippen molar-refractivity contribution >= 4 is 21.4 Å². The second-order valence-corrected chi connectivity index (χ2v) is 7.79. The van der Waals surface area contributed by atoms with Crippen LogP contribution in [0.2, 0.25) is 0 Å². The second-order valence-electron chi connectivity index (χ2n) is 4.36. The zero-order valence-corrected chi connectivity index (χ0v) is 12.4. The Labute approximate surface area is 114 Å². The molecule has 0 unspecified atom stereocenters. The van der Waals surface area contributed by atoms with Gasteiger partial charge in [-0.2, -0.15) is 0 Å². The maximum Gasteiger partial charge on any atom is 0.175 e. The third-order valence-electron chi connectivity index (χ3n) is 3.18. The second kappa shape index (κ2) is 5.59. The molecular formula is C13H19ClO3S. The Morgan fingerprint density at radius 3 is 2.17 bits per heavy atom. The summed E-state index contributed by atoms with van der Waals surface area (Å²) in [5.74, 6) is -0.0900. The highest BCUT2D eigenvalue weighted by Crippen LogP contribution is 2.40. The zero-order chi connectivity index (χ0) is 14.0. The first-order valence-electron chi connectivity index (χ1n) is 5.94. The van der Waals surface area contributed by atoms with Gasteiger partial charge in [-0.15, -0.1) is 0 Å². The summed E-state index contributed by atoms with van der Waals surface area (Å²) in [7, 11) is -3.55. The van der Waals surface area contributed by atoms with Gasteiger partial charge >= 0.3 is 0 Å². The number of rotatable bonds is 5. The molecule has 0 amide bonds. The molecule has 0 aliphatic carbocycles. The average molecular weight is 291 g/mol. The fraction of sp³-hybridized carbons (Fsp3) is 0.538. The molecule has 0 aliphatic rings. The fourth-order valence-electron chi connectivity index (χ4n) is 1.82. The smallest absolute Gasteiger partial charge is 0.175 e. The van der Waals surface area contributed by atoms with Crippen LogP contribution in [-0.4, -0.2) is 23.5 Å². The molecule has 3 nitrogen and oxygen atoms in total. The molecule has 1 aromatic rings. The van der Waals surface area contributed by atoms with Gasteiger partial charge in [0.05, 0.1) is 0 Å². The van der Waals surface area contributed by atoms with Crippen LogP contribution in [-0.2, 0) is 9.84 Å². The molecule has 0 heterocycles. The van der Waals surface area contributed by atoms with E-state index in [2.05, 4.69) is 0 Å². The summed E-state index contributed by atoms with van der Waals surface area (Å²) in [4.78, 5) is 0. The van der Waals surface area contributed by atoms with Gasteiger partial charge in [-0.1, -0.05) is 55.3 Å². The van der Waals surface area contributed by atoms with E-state index in [4.69, 9.17) is 11.6 Å². The van der Waals surface area contributed by atoms with E-state index >= 15 is 0 Å². The summed E-state index contributed by atoms with van der Waals surface area (Å²) >= 11 is 6.20. The largest absolute Gasteiger partial charge is 0.385 e. The molecule has 0 saturated heterocycles. The van der Waals surface area contributed by atoms with Gasteiger partial charge in [-0.3, -0.25) is 0 Å². The third kappa shape index (κ3) is 2.71. The molecule has 18 heavy (non-hydrogen) atoms. The van der Waals surface area contributed by atoms with Gasteiger partial charge in [0.25, 0.3) is 0 Å². The summed E-state index contributed by atoms with van der Waals surface area (Å²) in [6.45, 7) is 5.12. The van der Waals surface area contributed by atoms with Crippen LogP contribution < -0.4 is 0 Å². The Kier molecular flexibility index (Phi) is 4.81. The topological polar surface area (TPSA) is 54.4 Å². The first kappa shape index (κ1) is 15.5. The number of aryl methyl sites for hydroxylation is 1. The van der Waals surface area contributed by atoms with Gasteiger partial charge in [0.2, 0.25) is 0 Å². The van der Waals surface area contributed by atoms with E-state index < -0.39 is 20.1 Å². The quantitative estimate of drug-likeness (QED) is 0.849. The van der Waals surface area contributed by atoms with E-state index in [-0.39, 0.29) is 12.2 Å². The SMILES string of the molecule is CC[C@](Cl)([C@H](O)c1ccc(C)cc1)S(=O)(=O)CC. The monoisotopic (exact) mass is 290 g/mol. The van der Waals surface area contributed by atoms with Crippen LogP contribution in [0, 0.1) is 6.92 Å². The summed E-state index contributed by atoms with van der Waals surface area (Å²) in [5, 5.41) is 10.3. The van der Waals surface area contributed by atoms with E-state index in [1.165, 1.54) is 6.92 Å². The van der Waals surface area contributed by atoms with E-state index in [0.717, 1.165) is 5.56 Å². The minimum atomic E-state index is -3.55. The number of hydrogen-bond acceptors (Lipinski definition) is 3. The van der Waals surface area contributed by atoms with Crippen molar-refractivity contribution in [3.05, 3.63) is 35.4 Å². The first-order valence-corrected chi connectivity index (χ1v) is 7.97. The molecule has 102 valence electrons. The lowest BCUT2D eigenvalue weighted by Crippen LogP contribution is -2.39. The molecule has 0 saturated carbocycles. The standard InChI is InChI=1S/C13H19ClO3S/c1-4-13(14,18(16,17)5-2)12(15)11-8-6-10(3)7-9-11/h6-9,12,15H,4-5H2,1-3H3/t12-,13-/m1/s1. The van der Waals surface area contributed by atoms with Gasteiger partial charge in [-0.05, 0) is 18.9 Å². The Hall–Kier alpha value is -0.580. The Balaban J connectivity index is 3.21. The molecular weight excluding hydrogens is 272 g/mol. The number of aliphatic hydroxyl groups is 1.